The second-order valence-corrected chi connectivity index (χ2v) is 7.46. The molecule has 0 aromatic heterocycles. The predicted octanol–water partition coefficient (Wildman–Crippen LogP) is 0.651. The Morgan fingerprint density at radius 1 is 1.20 bits per heavy atom. The molecular formula is C15H25N2O2S+. The molecule has 2 N–H and O–H groups in total. The van der Waals surface area contributed by atoms with Crippen LogP contribution in [0.5, 0.6) is 0 Å². The molecule has 0 saturated carbocycles. The zero-order chi connectivity index (χ0) is 14.6. The summed E-state index contributed by atoms with van der Waals surface area (Å²) in [7, 11) is -3.36. The highest BCUT2D eigenvalue weighted by atomic mass is 32.2. The molecule has 1 aliphatic heterocycles. The largest absolute Gasteiger partial charge is 0.335 e. The topological polar surface area (TPSA) is 50.6 Å². The van der Waals surface area contributed by atoms with Gasteiger partial charge >= 0.3 is 0 Å². The quantitative estimate of drug-likeness (QED) is 0.758. The second kappa shape index (κ2) is 6.70. The van der Waals surface area contributed by atoms with E-state index in [0.717, 1.165) is 24.1 Å². The van der Waals surface area contributed by atoms with E-state index < -0.39 is 10.0 Å². The lowest BCUT2D eigenvalue weighted by molar-refractivity contribution is -0.887. The molecule has 20 heavy (non-hydrogen) atoms. The number of hydrogen-bond acceptors (Lipinski definition) is 2. The van der Waals surface area contributed by atoms with Gasteiger partial charge in [0, 0.05) is 25.8 Å². The van der Waals surface area contributed by atoms with Gasteiger partial charge in [0.2, 0.25) is 10.0 Å². The summed E-state index contributed by atoms with van der Waals surface area (Å²) < 4.78 is 27.2. The highest BCUT2D eigenvalue weighted by Crippen LogP contribution is 2.15. The van der Waals surface area contributed by atoms with Gasteiger partial charge in [-0.05, 0) is 25.5 Å². The van der Waals surface area contributed by atoms with Crippen LogP contribution < -0.4 is 9.62 Å². The third kappa shape index (κ3) is 4.04. The molecule has 1 heterocycles. The lowest BCUT2D eigenvalue weighted by Gasteiger charge is -2.13. The van der Waals surface area contributed by atoms with E-state index in [0.29, 0.717) is 11.4 Å². The molecule has 0 radical (unpaired) electrons. The van der Waals surface area contributed by atoms with Crippen LogP contribution in [0.15, 0.2) is 23.1 Å². The van der Waals surface area contributed by atoms with E-state index in [9.17, 15) is 8.42 Å². The number of aryl methyl sites for hydroxylation is 2. The summed E-state index contributed by atoms with van der Waals surface area (Å²) in [6, 6.07) is 5.44. The van der Waals surface area contributed by atoms with Gasteiger partial charge in [-0.2, -0.15) is 0 Å². The van der Waals surface area contributed by atoms with Gasteiger partial charge in [0.05, 0.1) is 24.5 Å². The third-order valence-electron chi connectivity index (χ3n) is 3.93. The second-order valence-electron chi connectivity index (χ2n) is 5.73. The Balaban J connectivity index is 1.87. The summed E-state index contributed by atoms with van der Waals surface area (Å²) in [4.78, 5) is 2.01. The molecule has 1 fully saturated rings. The van der Waals surface area contributed by atoms with E-state index >= 15 is 0 Å². The summed E-state index contributed by atoms with van der Waals surface area (Å²) in [5.41, 5.74) is 1.89. The molecular weight excluding hydrogens is 272 g/mol. The molecule has 4 nitrogen and oxygen atoms in total. The Kier molecular flexibility index (Phi) is 5.18. The van der Waals surface area contributed by atoms with Crippen molar-refractivity contribution in [1.29, 1.82) is 0 Å². The molecule has 5 heteroatoms. The number of quaternary nitrogens is 1. The molecule has 1 aromatic rings. The zero-order valence-corrected chi connectivity index (χ0v) is 13.2. The number of hydrogen-bond donors (Lipinski definition) is 2. The van der Waals surface area contributed by atoms with E-state index in [2.05, 4.69) is 4.72 Å². The molecule has 0 atom stereocenters. The molecule has 1 saturated heterocycles. The fourth-order valence-corrected chi connectivity index (χ4v) is 4.15. The fourth-order valence-electron chi connectivity index (χ4n) is 2.85. The van der Waals surface area contributed by atoms with Gasteiger partial charge < -0.3 is 4.90 Å². The lowest BCUT2D eigenvalue weighted by atomic mass is 10.2. The fraction of sp³-hybridized carbons (Fsp3) is 0.600. The molecule has 0 unspecified atom stereocenters. The predicted molar refractivity (Wildman–Crippen MR) is 80.5 cm³/mol. The van der Waals surface area contributed by atoms with Crippen LogP contribution in [-0.2, 0) is 10.0 Å². The maximum absolute atomic E-state index is 12.2. The van der Waals surface area contributed by atoms with E-state index in [-0.39, 0.29) is 0 Å². The molecule has 1 aliphatic rings. The van der Waals surface area contributed by atoms with E-state index in [1.165, 1.54) is 25.9 Å². The average molecular weight is 297 g/mol. The van der Waals surface area contributed by atoms with Crippen LogP contribution in [0.2, 0.25) is 0 Å². The van der Waals surface area contributed by atoms with E-state index in [4.69, 9.17) is 0 Å². The summed E-state index contributed by atoms with van der Waals surface area (Å²) in [5, 5.41) is 0. The highest BCUT2D eigenvalue weighted by Gasteiger charge is 2.17. The minimum Gasteiger partial charge on any atom is -0.335 e. The Labute approximate surface area is 122 Å². The molecule has 0 aliphatic carbocycles. The first-order valence-electron chi connectivity index (χ1n) is 7.39. The number of sulfonamides is 1. The van der Waals surface area contributed by atoms with Crippen LogP contribution in [0.25, 0.3) is 0 Å². The SMILES string of the molecule is Cc1ccc(S(=O)(=O)NCCC[NH+]2CCCC2)c(C)c1. The Morgan fingerprint density at radius 3 is 2.55 bits per heavy atom. The van der Waals surface area contributed by atoms with E-state index in [1.807, 2.05) is 26.0 Å². The van der Waals surface area contributed by atoms with Crippen molar-refractivity contribution in [2.75, 3.05) is 26.2 Å². The van der Waals surface area contributed by atoms with Crippen molar-refractivity contribution in [3.05, 3.63) is 29.3 Å². The van der Waals surface area contributed by atoms with Gasteiger partial charge in [-0.25, -0.2) is 13.1 Å². The minimum atomic E-state index is -3.36. The number of benzene rings is 1. The van der Waals surface area contributed by atoms with Gasteiger partial charge in [-0.15, -0.1) is 0 Å². The third-order valence-corrected chi connectivity index (χ3v) is 5.55. The summed E-state index contributed by atoms with van der Waals surface area (Å²) >= 11 is 0. The van der Waals surface area contributed by atoms with Gasteiger partial charge in [0.25, 0.3) is 0 Å². The maximum atomic E-state index is 12.2. The van der Waals surface area contributed by atoms with Gasteiger partial charge in [0.15, 0.2) is 0 Å². The highest BCUT2D eigenvalue weighted by molar-refractivity contribution is 7.89. The van der Waals surface area contributed by atoms with Crippen molar-refractivity contribution in [1.82, 2.24) is 4.72 Å². The number of rotatable bonds is 6. The van der Waals surface area contributed by atoms with Crippen LogP contribution in [0.3, 0.4) is 0 Å². The average Bonchev–Trinajstić information content (AvgIpc) is 2.87. The first kappa shape index (κ1) is 15.5. The Bertz CT molecular complexity index is 549. The van der Waals surface area contributed by atoms with Crippen molar-refractivity contribution in [2.24, 2.45) is 0 Å². The van der Waals surface area contributed by atoms with Crippen LogP contribution in [0.4, 0.5) is 0 Å². The summed E-state index contributed by atoms with van der Waals surface area (Å²) in [5.74, 6) is 0. The summed E-state index contributed by atoms with van der Waals surface area (Å²) in [6.07, 6.45) is 3.52. The van der Waals surface area contributed by atoms with Crippen molar-refractivity contribution >= 4 is 10.0 Å². The standard InChI is InChI=1S/C15H24N2O2S/c1-13-6-7-15(14(2)12-13)20(18,19)16-8-5-11-17-9-3-4-10-17/h6-7,12,16H,3-5,8-11H2,1-2H3/p+1. The molecule has 1 aromatic carbocycles. The zero-order valence-electron chi connectivity index (χ0n) is 12.4. The van der Waals surface area contributed by atoms with Gasteiger partial charge in [-0.1, -0.05) is 17.7 Å². The molecule has 2 rings (SSSR count). The van der Waals surface area contributed by atoms with Gasteiger partial charge in [0.1, 0.15) is 0 Å². The van der Waals surface area contributed by atoms with Crippen LogP contribution >= 0.6 is 0 Å². The lowest BCUT2D eigenvalue weighted by Crippen LogP contribution is -3.10. The van der Waals surface area contributed by atoms with Crippen molar-refractivity contribution < 1.29 is 13.3 Å². The van der Waals surface area contributed by atoms with Crippen LogP contribution in [0.1, 0.15) is 30.4 Å². The van der Waals surface area contributed by atoms with Crippen molar-refractivity contribution in [3.63, 3.8) is 0 Å². The molecule has 0 spiro atoms. The monoisotopic (exact) mass is 297 g/mol. The van der Waals surface area contributed by atoms with Crippen LogP contribution in [-0.4, -0.2) is 34.6 Å². The maximum Gasteiger partial charge on any atom is 0.240 e. The molecule has 0 bridgehead atoms. The first-order chi connectivity index (χ1) is 9.49. The molecule has 112 valence electrons. The molecule has 0 amide bonds. The van der Waals surface area contributed by atoms with Gasteiger partial charge in [-0.3, -0.25) is 0 Å². The normalized spacial score (nSPS) is 16.7. The number of likely N-dealkylation sites (tertiary alicyclic amines) is 1. The van der Waals surface area contributed by atoms with Crippen molar-refractivity contribution in [3.8, 4) is 0 Å². The Morgan fingerprint density at radius 2 is 1.90 bits per heavy atom. The smallest absolute Gasteiger partial charge is 0.240 e. The van der Waals surface area contributed by atoms with E-state index in [1.54, 1.807) is 11.0 Å². The van der Waals surface area contributed by atoms with Crippen LogP contribution in [0, 0.1) is 13.8 Å². The van der Waals surface area contributed by atoms with Crippen molar-refractivity contribution in [2.45, 2.75) is 38.0 Å². The number of nitrogens with one attached hydrogen (secondary N) is 2. The summed E-state index contributed by atoms with van der Waals surface area (Å²) in [6.45, 7) is 7.88. The minimum absolute atomic E-state index is 0.400. The first-order valence-corrected chi connectivity index (χ1v) is 8.88. The Hall–Kier alpha value is -0.910.